The van der Waals surface area contributed by atoms with Gasteiger partial charge in [0.2, 0.25) is 0 Å². The quantitative estimate of drug-likeness (QED) is 0.796. The number of nitrogens with zero attached hydrogens (tertiary/aromatic N) is 1. The van der Waals surface area contributed by atoms with Gasteiger partial charge in [-0.05, 0) is 32.3 Å². The highest BCUT2D eigenvalue weighted by atomic mass is 16.3. The van der Waals surface area contributed by atoms with Crippen molar-refractivity contribution in [1.82, 2.24) is 4.98 Å². The molecule has 1 saturated carbocycles. The zero-order chi connectivity index (χ0) is 10.1. The molecule has 0 radical (unpaired) electrons. The van der Waals surface area contributed by atoms with Gasteiger partial charge < -0.3 is 5.11 Å². The maximum atomic E-state index is 9.96. The van der Waals surface area contributed by atoms with E-state index in [4.69, 9.17) is 0 Å². The topological polar surface area (TPSA) is 33.1 Å². The molecule has 1 aliphatic carbocycles. The summed E-state index contributed by atoms with van der Waals surface area (Å²) in [6, 6.07) is 3.98. The summed E-state index contributed by atoms with van der Waals surface area (Å²) >= 11 is 0. The van der Waals surface area contributed by atoms with Crippen LogP contribution in [0.1, 0.15) is 42.3 Å². The van der Waals surface area contributed by atoms with Crippen molar-refractivity contribution in [3.63, 3.8) is 0 Å². The zero-order valence-electron chi connectivity index (χ0n) is 8.83. The van der Waals surface area contributed by atoms with Gasteiger partial charge in [0.05, 0.1) is 6.10 Å². The third-order valence-corrected chi connectivity index (χ3v) is 2.88. The van der Waals surface area contributed by atoms with Crippen molar-refractivity contribution in [3.8, 4) is 0 Å². The van der Waals surface area contributed by atoms with E-state index >= 15 is 0 Å². The number of aromatic nitrogens is 1. The van der Waals surface area contributed by atoms with Crippen molar-refractivity contribution in [1.29, 1.82) is 0 Å². The first-order valence-corrected chi connectivity index (χ1v) is 5.29. The van der Waals surface area contributed by atoms with E-state index < -0.39 is 0 Å². The van der Waals surface area contributed by atoms with Crippen LogP contribution in [0.5, 0.6) is 0 Å². The lowest BCUT2D eigenvalue weighted by atomic mass is 10.0. The molecule has 1 unspecified atom stereocenters. The maximum Gasteiger partial charge on any atom is 0.0810 e. The minimum Gasteiger partial charge on any atom is -0.388 e. The van der Waals surface area contributed by atoms with Gasteiger partial charge in [-0.25, -0.2) is 0 Å². The van der Waals surface area contributed by atoms with Gasteiger partial charge in [0.15, 0.2) is 0 Å². The Labute approximate surface area is 85.0 Å². The highest BCUT2D eigenvalue weighted by Gasteiger charge is 2.25. The number of aliphatic hydroxyl groups is 1. The third kappa shape index (κ3) is 2.13. The van der Waals surface area contributed by atoms with Crippen LogP contribution in [0.25, 0.3) is 0 Å². The van der Waals surface area contributed by atoms with Crippen molar-refractivity contribution in [2.75, 3.05) is 0 Å². The molecule has 2 rings (SSSR count). The van der Waals surface area contributed by atoms with Crippen molar-refractivity contribution in [3.05, 3.63) is 29.1 Å². The second kappa shape index (κ2) is 3.70. The van der Waals surface area contributed by atoms with E-state index in [-0.39, 0.29) is 6.10 Å². The molecule has 1 aromatic rings. The first-order valence-electron chi connectivity index (χ1n) is 5.29. The third-order valence-electron chi connectivity index (χ3n) is 2.88. The Bertz CT molecular complexity index is 331. The molecule has 2 nitrogen and oxygen atoms in total. The fourth-order valence-corrected chi connectivity index (χ4v) is 1.85. The molecular formula is C12H17NO. The van der Waals surface area contributed by atoms with Gasteiger partial charge in [-0.2, -0.15) is 0 Å². The van der Waals surface area contributed by atoms with Crippen LogP contribution in [0.15, 0.2) is 12.1 Å². The summed E-state index contributed by atoms with van der Waals surface area (Å²) in [5, 5.41) is 9.96. The largest absolute Gasteiger partial charge is 0.388 e. The molecule has 0 amide bonds. The lowest BCUT2D eigenvalue weighted by Crippen LogP contribution is -2.03. The van der Waals surface area contributed by atoms with Gasteiger partial charge in [-0.3, -0.25) is 4.98 Å². The number of rotatable bonds is 3. The lowest BCUT2D eigenvalue weighted by molar-refractivity contribution is 0.159. The summed E-state index contributed by atoms with van der Waals surface area (Å²) in [5.41, 5.74) is 2.99. The lowest BCUT2D eigenvalue weighted by Gasteiger charge is -2.12. The van der Waals surface area contributed by atoms with Crippen molar-refractivity contribution >= 4 is 0 Å². The average Bonchev–Trinajstić information content (AvgIpc) is 2.87. The van der Waals surface area contributed by atoms with E-state index in [9.17, 15) is 5.11 Å². The summed E-state index contributed by atoms with van der Waals surface area (Å²) < 4.78 is 0. The van der Waals surface area contributed by atoms with Crippen LogP contribution in [0.2, 0.25) is 0 Å². The van der Waals surface area contributed by atoms with E-state index in [0.717, 1.165) is 29.3 Å². The molecule has 14 heavy (non-hydrogen) atoms. The fraction of sp³-hybridized carbons (Fsp3) is 0.583. The van der Waals surface area contributed by atoms with Gasteiger partial charge in [-0.1, -0.05) is 18.9 Å². The second-order valence-electron chi connectivity index (χ2n) is 4.32. The van der Waals surface area contributed by atoms with Gasteiger partial charge in [0.1, 0.15) is 0 Å². The number of aliphatic hydroxyl groups excluding tert-OH is 1. The maximum absolute atomic E-state index is 9.96. The Hall–Kier alpha value is -0.890. The van der Waals surface area contributed by atoms with Crippen LogP contribution in [-0.4, -0.2) is 10.1 Å². The van der Waals surface area contributed by atoms with E-state index in [1.165, 1.54) is 12.8 Å². The van der Waals surface area contributed by atoms with Crippen LogP contribution >= 0.6 is 0 Å². The molecular weight excluding hydrogens is 174 g/mol. The molecule has 1 aliphatic rings. The summed E-state index contributed by atoms with van der Waals surface area (Å²) in [6.45, 7) is 3.95. The minimum atomic E-state index is -0.310. The zero-order valence-corrected chi connectivity index (χ0v) is 8.83. The van der Waals surface area contributed by atoms with Gasteiger partial charge in [-0.15, -0.1) is 0 Å². The first-order chi connectivity index (χ1) is 6.66. The van der Waals surface area contributed by atoms with E-state index in [0.29, 0.717) is 0 Å². The fourth-order valence-electron chi connectivity index (χ4n) is 1.85. The number of hydrogen-bond acceptors (Lipinski definition) is 2. The first kappa shape index (κ1) is 9.66. The molecule has 2 heteroatoms. The number of aryl methyl sites for hydroxylation is 2. The Morgan fingerprint density at radius 3 is 2.71 bits per heavy atom. The molecule has 1 fully saturated rings. The smallest absolute Gasteiger partial charge is 0.0810 e. The van der Waals surface area contributed by atoms with E-state index in [2.05, 4.69) is 4.98 Å². The van der Waals surface area contributed by atoms with E-state index in [1.54, 1.807) is 0 Å². The molecule has 76 valence electrons. The van der Waals surface area contributed by atoms with Gasteiger partial charge >= 0.3 is 0 Å². The van der Waals surface area contributed by atoms with Crippen LogP contribution < -0.4 is 0 Å². The van der Waals surface area contributed by atoms with Gasteiger partial charge in [0.25, 0.3) is 0 Å². The highest BCUT2D eigenvalue weighted by molar-refractivity contribution is 5.24. The summed E-state index contributed by atoms with van der Waals surface area (Å²) in [4.78, 5) is 4.36. The molecule has 0 aliphatic heterocycles. The van der Waals surface area contributed by atoms with Crippen LogP contribution in [0.3, 0.4) is 0 Å². The second-order valence-corrected chi connectivity index (χ2v) is 4.32. The molecule has 0 aromatic carbocycles. The Kier molecular flexibility index (Phi) is 2.55. The monoisotopic (exact) mass is 191 g/mol. The van der Waals surface area contributed by atoms with E-state index in [1.807, 2.05) is 26.0 Å². The summed E-state index contributed by atoms with van der Waals surface area (Å²) in [7, 11) is 0. The number of hydrogen-bond donors (Lipinski definition) is 1. The van der Waals surface area contributed by atoms with Crippen LogP contribution in [-0.2, 0) is 0 Å². The highest BCUT2D eigenvalue weighted by Crippen LogP contribution is 2.37. The predicted octanol–water partition coefficient (Wildman–Crippen LogP) is 2.53. The summed E-state index contributed by atoms with van der Waals surface area (Å²) in [5.74, 6) is 0.755. The average molecular weight is 191 g/mol. The van der Waals surface area contributed by atoms with Crippen molar-refractivity contribution in [2.45, 2.75) is 39.2 Å². The molecule has 0 spiro atoms. The van der Waals surface area contributed by atoms with Crippen LogP contribution in [0.4, 0.5) is 0 Å². The molecule has 0 bridgehead atoms. The Morgan fingerprint density at radius 2 is 2.14 bits per heavy atom. The SMILES string of the molecule is Cc1ccc(C(O)CC2CC2)c(C)n1. The van der Waals surface area contributed by atoms with Crippen molar-refractivity contribution in [2.24, 2.45) is 5.92 Å². The predicted molar refractivity (Wildman–Crippen MR) is 56.0 cm³/mol. The molecule has 0 saturated heterocycles. The van der Waals surface area contributed by atoms with Crippen LogP contribution in [0, 0.1) is 19.8 Å². The molecule has 1 N–H and O–H groups in total. The van der Waals surface area contributed by atoms with Crippen molar-refractivity contribution < 1.29 is 5.11 Å². The Morgan fingerprint density at radius 1 is 1.43 bits per heavy atom. The standard InChI is InChI=1S/C12H17NO/c1-8-3-6-11(9(2)13-8)12(14)7-10-4-5-10/h3,6,10,12,14H,4-5,7H2,1-2H3. The normalized spacial score (nSPS) is 18.2. The number of pyridine rings is 1. The summed E-state index contributed by atoms with van der Waals surface area (Å²) in [6.07, 6.45) is 3.17. The molecule has 1 heterocycles. The van der Waals surface area contributed by atoms with Gasteiger partial charge in [0, 0.05) is 17.0 Å². The molecule has 1 atom stereocenters. The minimum absolute atomic E-state index is 0.310. The molecule has 1 aromatic heterocycles. The Balaban J connectivity index is 2.13.